The number of anilines is 1. The monoisotopic (exact) mass is 555 g/mol. The third-order valence-corrected chi connectivity index (χ3v) is 7.47. The van der Waals surface area contributed by atoms with E-state index in [4.69, 9.17) is 23.2 Å². The fourth-order valence-corrected chi connectivity index (χ4v) is 4.69. The summed E-state index contributed by atoms with van der Waals surface area (Å²) in [7, 11) is -3.91. The molecule has 2 rings (SSSR count). The number of benzene rings is 2. The molecule has 0 saturated carbocycles. The average molecular weight is 557 g/mol. The molecule has 36 heavy (non-hydrogen) atoms. The topological polar surface area (TPSA) is 104 Å². The van der Waals surface area contributed by atoms with Gasteiger partial charge in [-0.25, -0.2) is 8.42 Å². The molecular weight excluding hydrogens is 525 g/mol. The van der Waals surface area contributed by atoms with E-state index < -0.39 is 28.5 Å². The van der Waals surface area contributed by atoms with E-state index in [1.807, 2.05) is 13.8 Å². The van der Waals surface area contributed by atoms with Gasteiger partial charge < -0.3 is 10.2 Å². The molecule has 0 aromatic heterocycles. The van der Waals surface area contributed by atoms with Gasteiger partial charge in [0.2, 0.25) is 21.8 Å². The summed E-state index contributed by atoms with van der Waals surface area (Å²) in [6.45, 7) is 6.08. The highest BCUT2D eigenvalue weighted by atomic mass is 35.5. The van der Waals surface area contributed by atoms with Crippen molar-refractivity contribution >= 4 is 56.5 Å². The number of rotatable bonds is 11. The van der Waals surface area contributed by atoms with Crippen LogP contribution in [0.3, 0.4) is 0 Å². The molecule has 0 fully saturated rings. The molecule has 0 aliphatic rings. The molecular formula is C25H31Cl2N3O5S. The Kier molecular flexibility index (Phi) is 10.3. The van der Waals surface area contributed by atoms with Crippen LogP contribution in [0.5, 0.6) is 0 Å². The normalized spacial score (nSPS) is 13.0. The van der Waals surface area contributed by atoms with Crippen LogP contribution in [0.2, 0.25) is 10.0 Å². The van der Waals surface area contributed by atoms with Gasteiger partial charge in [-0.15, -0.1) is 0 Å². The van der Waals surface area contributed by atoms with E-state index in [1.54, 1.807) is 31.2 Å². The second kappa shape index (κ2) is 12.6. The van der Waals surface area contributed by atoms with Gasteiger partial charge in [-0.3, -0.25) is 18.7 Å². The van der Waals surface area contributed by atoms with Crippen molar-refractivity contribution in [3.8, 4) is 0 Å². The van der Waals surface area contributed by atoms with E-state index in [0.29, 0.717) is 27.6 Å². The second-order valence-corrected chi connectivity index (χ2v) is 11.4. The van der Waals surface area contributed by atoms with E-state index >= 15 is 0 Å². The van der Waals surface area contributed by atoms with Crippen molar-refractivity contribution in [2.45, 2.75) is 52.7 Å². The Labute approximate surface area is 222 Å². The van der Waals surface area contributed by atoms with Crippen LogP contribution >= 0.6 is 23.2 Å². The number of halogens is 2. The maximum absolute atomic E-state index is 13.6. The second-order valence-electron chi connectivity index (χ2n) is 8.63. The van der Waals surface area contributed by atoms with E-state index in [9.17, 15) is 22.8 Å². The first-order valence-electron chi connectivity index (χ1n) is 11.4. The number of carbonyl (C=O) groups excluding carboxylic acids is 3. The lowest BCUT2D eigenvalue weighted by Gasteiger charge is -2.32. The smallest absolute Gasteiger partial charge is 0.244 e. The lowest BCUT2D eigenvalue weighted by Crippen LogP contribution is -2.52. The van der Waals surface area contributed by atoms with Crippen LogP contribution in [0.15, 0.2) is 42.5 Å². The number of hydrogen-bond donors (Lipinski definition) is 1. The van der Waals surface area contributed by atoms with Crippen LogP contribution in [0, 0.1) is 0 Å². The minimum atomic E-state index is -3.91. The van der Waals surface area contributed by atoms with Crippen LogP contribution in [0.4, 0.5) is 5.69 Å². The first kappa shape index (κ1) is 29.6. The Morgan fingerprint density at radius 3 is 2.28 bits per heavy atom. The number of sulfonamides is 1. The van der Waals surface area contributed by atoms with Gasteiger partial charge in [-0.1, -0.05) is 48.3 Å². The molecule has 8 nitrogen and oxygen atoms in total. The Bertz CT molecular complexity index is 1240. The molecule has 0 aliphatic heterocycles. The standard InChI is InChI=1S/C25H31Cl2N3O5S/c1-6-16(2)28-25(33)17(3)29(14-20-10-11-21(26)13-23(20)27)24(32)15-30(36(5,34)35)22-9-7-8-19(12-22)18(4)31/h7-13,16-17H,6,14-15H2,1-5H3,(H,28,33)/t16-,17-/m1/s1. The molecule has 0 unspecified atom stereocenters. The summed E-state index contributed by atoms with van der Waals surface area (Å²) in [6, 6.07) is 9.77. The highest BCUT2D eigenvalue weighted by Gasteiger charge is 2.31. The molecule has 0 heterocycles. The van der Waals surface area contributed by atoms with Crippen molar-refractivity contribution < 1.29 is 22.8 Å². The van der Waals surface area contributed by atoms with Gasteiger partial charge >= 0.3 is 0 Å². The van der Waals surface area contributed by atoms with Crippen molar-refractivity contribution in [2.75, 3.05) is 17.1 Å². The zero-order valence-electron chi connectivity index (χ0n) is 20.9. The minimum Gasteiger partial charge on any atom is -0.352 e. The summed E-state index contributed by atoms with van der Waals surface area (Å²) >= 11 is 12.3. The summed E-state index contributed by atoms with van der Waals surface area (Å²) < 4.78 is 26.2. The Morgan fingerprint density at radius 1 is 1.06 bits per heavy atom. The fraction of sp³-hybridized carbons (Fsp3) is 0.400. The molecule has 0 spiro atoms. The molecule has 2 aromatic carbocycles. The Balaban J connectivity index is 2.46. The maximum atomic E-state index is 13.6. The van der Waals surface area contributed by atoms with Gasteiger partial charge in [0.05, 0.1) is 11.9 Å². The fourth-order valence-electron chi connectivity index (χ4n) is 3.38. The van der Waals surface area contributed by atoms with Crippen molar-refractivity contribution in [1.29, 1.82) is 0 Å². The van der Waals surface area contributed by atoms with Crippen molar-refractivity contribution in [3.05, 3.63) is 63.6 Å². The number of nitrogens with one attached hydrogen (secondary N) is 1. The summed E-state index contributed by atoms with van der Waals surface area (Å²) in [5, 5.41) is 3.58. The molecule has 2 atom stereocenters. The number of Topliss-reactive ketones (excluding diaryl/α,β-unsaturated/α-hetero) is 1. The van der Waals surface area contributed by atoms with Gasteiger partial charge in [0.25, 0.3) is 0 Å². The third-order valence-electron chi connectivity index (χ3n) is 5.74. The van der Waals surface area contributed by atoms with Crippen LogP contribution < -0.4 is 9.62 Å². The molecule has 11 heteroatoms. The van der Waals surface area contributed by atoms with Gasteiger partial charge in [-0.05, 0) is 57.0 Å². The number of carbonyl (C=O) groups is 3. The van der Waals surface area contributed by atoms with Gasteiger partial charge in [0.15, 0.2) is 5.78 Å². The average Bonchev–Trinajstić information content (AvgIpc) is 2.80. The number of ketones is 1. The van der Waals surface area contributed by atoms with Crippen LogP contribution in [0.1, 0.15) is 50.0 Å². The Morgan fingerprint density at radius 2 is 1.72 bits per heavy atom. The Hall–Kier alpha value is -2.62. The molecule has 0 aliphatic carbocycles. The van der Waals surface area contributed by atoms with E-state index in [-0.39, 0.29) is 30.0 Å². The quantitative estimate of drug-likeness (QED) is 0.416. The van der Waals surface area contributed by atoms with Crippen LogP contribution in [-0.2, 0) is 26.2 Å². The lowest BCUT2D eigenvalue weighted by atomic mass is 10.1. The zero-order valence-corrected chi connectivity index (χ0v) is 23.2. The summed E-state index contributed by atoms with van der Waals surface area (Å²) in [5.41, 5.74) is 1.02. The summed E-state index contributed by atoms with van der Waals surface area (Å²) in [6.07, 6.45) is 1.67. The van der Waals surface area contributed by atoms with Gasteiger partial charge in [0, 0.05) is 28.2 Å². The number of nitrogens with zero attached hydrogens (tertiary/aromatic N) is 2. The largest absolute Gasteiger partial charge is 0.352 e. The number of hydrogen-bond acceptors (Lipinski definition) is 5. The van der Waals surface area contributed by atoms with Crippen molar-refractivity contribution in [2.24, 2.45) is 0 Å². The predicted molar refractivity (Wildman–Crippen MR) is 143 cm³/mol. The zero-order chi connectivity index (χ0) is 27.2. The lowest BCUT2D eigenvalue weighted by molar-refractivity contribution is -0.139. The van der Waals surface area contributed by atoms with E-state index in [1.165, 1.54) is 30.0 Å². The summed E-state index contributed by atoms with van der Waals surface area (Å²) in [4.78, 5) is 39.6. The molecule has 2 amide bonds. The highest BCUT2D eigenvalue weighted by molar-refractivity contribution is 7.92. The van der Waals surface area contributed by atoms with Gasteiger partial charge in [-0.2, -0.15) is 0 Å². The molecule has 2 aromatic rings. The highest BCUT2D eigenvalue weighted by Crippen LogP contribution is 2.25. The van der Waals surface area contributed by atoms with Crippen molar-refractivity contribution in [3.63, 3.8) is 0 Å². The number of amides is 2. The maximum Gasteiger partial charge on any atom is 0.244 e. The van der Waals surface area contributed by atoms with Gasteiger partial charge in [0.1, 0.15) is 12.6 Å². The first-order valence-corrected chi connectivity index (χ1v) is 14.0. The van der Waals surface area contributed by atoms with E-state index in [0.717, 1.165) is 10.6 Å². The molecule has 0 radical (unpaired) electrons. The van der Waals surface area contributed by atoms with Crippen molar-refractivity contribution in [1.82, 2.24) is 10.2 Å². The molecule has 0 saturated heterocycles. The molecule has 1 N–H and O–H groups in total. The molecule has 0 bridgehead atoms. The first-order chi connectivity index (χ1) is 16.7. The van der Waals surface area contributed by atoms with E-state index in [2.05, 4.69) is 5.32 Å². The van der Waals surface area contributed by atoms with Crippen LogP contribution in [-0.4, -0.2) is 55.8 Å². The third kappa shape index (κ3) is 7.94. The summed E-state index contributed by atoms with van der Waals surface area (Å²) in [5.74, 6) is -1.25. The van der Waals surface area contributed by atoms with Crippen LogP contribution in [0.25, 0.3) is 0 Å². The predicted octanol–water partition coefficient (Wildman–Crippen LogP) is 4.29. The minimum absolute atomic E-state index is 0.0466. The SMILES string of the molecule is CC[C@@H](C)NC(=O)[C@@H](C)N(Cc1ccc(Cl)cc1Cl)C(=O)CN(c1cccc(C(C)=O)c1)S(C)(=O)=O. The molecule has 196 valence electrons.